The monoisotopic (exact) mass is 462 g/mol. The number of ether oxygens (including phenoxy) is 1. The van der Waals surface area contributed by atoms with Gasteiger partial charge in [0, 0.05) is 12.6 Å². The second-order valence-electron chi connectivity index (χ2n) is 7.79. The lowest BCUT2D eigenvalue weighted by Gasteiger charge is -2.31. The SMILES string of the molecule is CC[C@H](C(=O)NC1CCCC1)N(Cc1ccc(Cl)c(Cl)c1)C(=O)COc1ccccc1. The maximum atomic E-state index is 13.2. The highest BCUT2D eigenvalue weighted by Crippen LogP contribution is 2.24. The van der Waals surface area contributed by atoms with Crippen LogP contribution >= 0.6 is 23.2 Å². The van der Waals surface area contributed by atoms with Gasteiger partial charge < -0.3 is 15.0 Å². The lowest BCUT2D eigenvalue weighted by Crippen LogP contribution is -2.52. The van der Waals surface area contributed by atoms with E-state index in [2.05, 4.69) is 5.32 Å². The molecule has 1 atom stereocenters. The predicted molar refractivity (Wildman–Crippen MR) is 123 cm³/mol. The lowest BCUT2D eigenvalue weighted by molar-refractivity contribution is -0.143. The van der Waals surface area contributed by atoms with E-state index in [1.165, 1.54) is 0 Å². The molecule has 2 aromatic carbocycles. The Hall–Kier alpha value is -2.24. The number of hydrogen-bond donors (Lipinski definition) is 1. The Morgan fingerprint density at radius 1 is 1.10 bits per heavy atom. The zero-order chi connectivity index (χ0) is 22.2. The average molecular weight is 463 g/mol. The van der Waals surface area contributed by atoms with Gasteiger partial charge in [0.25, 0.3) is 5.91 Å². The lowest BCUT2D eigenvalue weighted by atomic mass is 10.1. The fourth-order valence-corrected chi connectivity index (χ4v) is 4.19. The summed E-state index contributed by atoms with van der Waals surface area (Å²) in [5.41, 5.74) is 0.801. The molecule has 0 saturated heterocycles. The highest BCUT2D eigenvalue weighted by molar-refractivity contribution is 6.42. The van der Waals surface area contributed by atoms with Gasteiger partial charge in [-0.25, -0.2) is 0 Å². The molecule has 31 heavy (non-hydrogen) atoms. The summed E-state index contributed by atoms with van der Waals surface area (Å²) < 4.78 is 5.67. The summed E-state index contributed by atoms with van der Waals surface area (Å²) in [7, 11) is 0. The molecule has 0 radical (unpaired) electrons. The first-order valence-electron chi connectivity index (χ1n) is 10.7. The van der Waals surface area contributed by atoms with Gasteiger partial charge in [0.15, 0.2) is 6.61 Å². The third-order valence-electron chi connectivity index (χ3n) is 5.53. The third-order valence-corrected chi connectivity index (χ3v) is 6.27. The normalized spacial score (nSPS) is 14.8. The van der Waals surface area contributed by atoms with Gasteiger partial charge in [-0.3, -0.25) is 9.59 Å². The van der Waals surface area contributed by atoms with E-state index >= 15 is 0 Å². The maximum absolute atomic E-state index is 13.2. The van der Waals surface area contributed by atoms with Crippen molar-refractivity contribution in [2.24, 2.45) is 0 Å². The van der Waals surface area contributed by atoms with Crippen LogP contribution in [0.2, 0.25) is 10.0 Å². The van der Waals surface area contributed by atoms with E-state index in [1.54, 1.807) is 29.2 Å². The molecule has 0 heterocycles. The van der Waals surface area contributed by atoms with Crippen LogP contribution in [0, 0.1) is 0 Å². The summed E-state index contributed by atoms with van der Waals surface area (Å²) in [5, 5.41) is 3.98. The third kappa shape index (κ3) is 6.62. The van der Waals surface area contributed by atoms with Crippen LogP contribution in [0.3, 0.4) is 0 Å². The van der Waals surface area contributed by atoms with Crippen LogP contribution < -0.4 is 10.1 Å². The smallest absolute Gasteiger partial charge is 0.261 e. The molecule has 1 fully saturated rings. The first kappa shape index (κ1) is 23.4. The topological polar surface area (TPSA) is 58.6 Å². The van der Waals surface area contributed by atoms with Crippen molar-refractivity contribution in [2.45, 2.75) is 57.7 Å². The molecule has 2 amide bonds. The zero-order valence-corrected chi connectivity index (χ0v) is 19.2. The number of carbonyl (C=O) groups is 2. The van der Waals surface area contributed by atoms with Crippen molar-refractivity contribution in [3.63, 3.8) is 0 Å². The van der Waals surface area contributed by atoms with Crippen molar-refractivity contribution < 1.29 is 14.3 Å². The molecular formula is C24H28Cl2N2O3. The molecule has 1 N–H and O–H groups in total. The van der Waals surface area contributed by atoms with Gasteiger partial charge in [-0.2, -0.15) is 0 Å². The summed E-state index contributed by atoms with van der Waals surface area (Å²) in [6.45, 7) is 2.00. The number of hydrogen-bond acceptors (Lipinski definition) is 3. The Morgan fingerprint density at radius 2 is 1.81 bits per heavy atom. The van der Waals surface area contributed by atoms with Gasteiger partial charge in [-0.15, -0.1) is 0 Å². The van der Waals surface area contributed by atoms with E-state index in [1.807, 2.05) is 31.2 Å². The molecule has 0 aromatic heterocycles. The van der Waals surface area contributed by atoms with Gasteiger partial charge >= 0.3 is 0 Å². The van der Waals surface area contributed by atoms with Crippen molar-refractivity contribution in [3.05, 3.63) is 64.1 Å². The molecule has 2 aromatic rings. The van der Waals surface area contributed by atoms with Crippen molar-refractivity contribution in [1.29, 1.82) is 0 Å². The highest BCUT2D eigenvalue weighted by Gasteiger charge is 2.31. The molecule has 1 aliphatic rings. The Morgan fingerprint density at radius 3 is 2.45 bits per heavy atom. The van der Waals surface area contributed by atoms with Crippen molar-refractivity contribution in [2.75, 3.05) is 6.61 Å². The Bertz CT molecular complexity index is 886. The van der Waals surface area contributed by atoms with Crippen LogP contribution in [0.5, 0.6) is 5.75 Å². The number of rotatable bonds is 9. The Kier molecular flexibility index (Phi) is 8.61. The summed E-state index contributed by atoms with van der Waals surface area (Å²) in [6.07, 6.45) is 4.72. The molecule has 3 rings (SSSR count). The molecule has 0 spiro atoms. The molecule has 0 unspecified atom stereocenters. The fraction of sp³-hybridized carbons (Fsp3) is 0.417. The van der Waals surface area contributed by atoms with E-state index in [0.29, 0.717) is 22.2 Å². The van der Waals surface area contributed by atoms with E-state index in [9.17, 15) is 9.59 Å². The first-order chi connectivity index (χ1) is 15.0. The minimum Gasteiger partial charge on any atom is -0.484 e. The number of benzene rings is 2. The maximum Gasteiger partial charge on any atom is 0.261 e. The quantitative estimate of drug-likeness (QED) is 0.554. The van der Waals surface area contributed by atoms with Crippen molar-refractivity contribution in [1.82, 2.24) is 10.2 Å². The van der Waals surface area contributed by atoms with E-state index in [4.69, 9.17) is 27.9 Å². The van der Waals surface area contributed by atoms with Crippen LogP contribution in [-0.2, 0) is 16.1 Å². The van der Waals surface area contributed by atoms with Gasteiger partial charge in [0.2, 0.25) is 5.91 Å². The van der Waals surface area contributed by atoms with E-state index < -0.39 is 6.04 Å². The molecule has 1 aliphatic carbocycles. The molecule has 1 saturated carbocycles. The number of para-hydroxylation sites is 1. The number of carbonyl (C=O) groups excluding carboxylic acids is 2. The molecule has 166 valence electrons. The molecule has 0 aliphatic heterocycles. The minimum atomic E-state index is -0.595. The largest absolute Gasteiger partial charge is 0.484 e. The first-order valence-corrected chi connectivity index (χ1v) is 11.4. The summed E-state index contributed by atoms with van der Waals surface area (Å²) in [5.74, 6) is 0.222. The fourth-order valence-electron chi connectivity index (χ4n) is 3.87. The van der Waals surface area contributed by atoms with Crippen LogP contribution in [0.4, 0.5) is 0 Å². The number of nitrogens with one attached hydrogen (secondary N) is 1. The second-order valence-corrected chi connectivity index (χ2v) is 8.60. The van der Waals surface area contributed by atoms with Crippen LogP contribution in [0.15, 0.2) is 48.5 Å². The summed E-state index contributed by atoms with van der Waals surface area (Å²) in [4.78, 5) is 27.8. The highest BCUT2D eigenvalue weighted by atomic mass is 35.5. The molecule has 0 bridgehead atoms. The summed E-state index contributed by atoms with van der Waals surface area (Å²) in [6, 6.07) is 14.0. The minimum absolute atomic E-state index is 0.123. The molecule has 7 heteroatoms. The molecular weight excluding hydrogens is 435 g/mol. The van der Waals surface area contributed by atoms with Gasteiger partial charge in [-0.1, -0.05) is 67.2 Å². The summed E-state index contributed by atoms with van der Waals surface area (Å²) >= 11 is 12.2. The zero-order valence-electron chi connectivity index (χ0n) is 17.7. The van der Waals surface area contributed by atoms with Gasteiger partial charge in [0.1, 0.15) is 11.8 Å². The Labute approximate surface area is 193 Å². The van der Waals surface area contributed by atoms with Gasteiger partial charge in [-0.05, 0) is 49.1 Å². The second kappa shape index (κ2) is 11.4. The Balaban J connectivity index is 1.77. The van der Waals surface area contributed by atoms with Crippen LogP contribution in [0.1, 0.15) is 44.6 Å². The number of halogens is 2. The van der Waals surface area contributed by atoms with Crippen LogP contribution in [0.25, 0.3) is 0 Å². The van der Waals surface area contributed by atoms with Crippen molar-refractivity contribution >= 4 is 35.0 Å². The average Bonchev–Trinajstić information content (AvgIpc) is 3.28. The van der Waals surface area contributed by atoms with Crippen LogP contribution in [-0.4, -0.2) is 35.4 Å². The van der Waals surface area contributed by atoms with Gasteiger partial charge in [0.05, 0.1) is 10.0 Å². The number of nitrogens with zero attached hydrogens (tertiary/aromatic N) is 1. The van der Waals surface area contributed by atoms with Crippen molar-refractivity contribution in [3.8, 4) is 5.75 Å². The van der Waals surface area contributed by atoms with E-state index in [-0.39, 0.29) is 31.0 Å². The van der Waals surface area contributed by atoms with E-state index in [0.717, 1.165) is 31.2 Å². The predicted octanol–water partition coefficient (Wildman–Crippen LogP) is 5.24. The molecule has 5 nitrogen and oxygen atoms in total. The standard InChI is InChI=1S/C24H28Cl2N2O3/c1-2-22(24(30)27-18-8-6-7-9-18)28(15-17-12-13-20(25)21(26)14-17)23(29)16-31-19-10-4-3-5-11-19/h3-5,10-14,18,22H,2,6-9,15-16H2,1H3,(H,27,30)/t22-/m1/s1. The number of amides is 2.